The van der Waals surface area contributed by atoms with Crippen molar-refractivity contribution < 1.29 is 9.53 Å². The van der Waals surface area contributed by atoms with E-state index in [-0.39, 0.29) is 5.91 Å². The zero-order chi connectivity index (χ0) is 19.5. The molecule has 1 amide bonds. The number of amides is 1. The molecule has 1 saturated heterocycles. The average molecular weight is 375 g/mol. The zero-order valence-electron chi connectivity index (χ0n) is 17.0. The number of ether oxygens (including phenoxy) is 1. The van der Waals surface area contributed by atoms with Crippen molar-refractivity contribution in [2.75, 3.05) is 39.3 Å². The molecule has 0 saturated carbocycles. The van der Waals surface area contributed by atoms with Crippen molar-refractivity contribution in [3.05, 3.63) is 29.8 Å². The molecule has 6 heteroatoms. The first-order valence-electron chi connectivity index (χ1n) is 10.1. The first-order chi connectivity index (χ1) is 13.1. The first-order valence-corrected chi connectivity index (χ1v) is 10.1. The maximum atomic E-state index is 11.6. The molecule has 27 heavy (non-hydrogen) atoms. The highest BCUT2D eigenvalue weighted by atomic mass is 16.5. The first kappa shape index (κ1) is 21.1. The quantitative estimate of drug-likeness (QED) is 0.375. The van der Waals surface area contributed by atoms with Crippen molar-refractivity contribution in [1.82, 2.24) is 15.5 Å². The summed E-state index contributed by atoms with van der Waals surface area (Å²) in [7, 11) is 0. The second-order valence-electron chi connectivity index (χ2n) is 7.07. The summed E-state index contributed by atoms with van der Waals surface area (Å²) in [5.41, 5.74) is 1.23. The number of para-hydroxylation sites is 1. The van der Waals surface area contributed by atoms with E-state index in [4.69, 9.17) is 4.74 Å². The number of nitrogens with zero attached hydrogens (tertiary/aromatic N) is 2. The number of carbonyl (C=O) groups is 1. The lowest BCUT2D eigenvalue weighted by Gasteiger charge is -2.16. The van der Waals surface area contributed by atoms with E-state index in [2.05, 4.69) is 42.5 Å². The van der Waals surface area contributed by atoms with Gasteiger partial charge in [-0.15, -0.1) is 0 Å². The third-order valence-corrected chi connectivity index (χ3v) is 4.56. The Morgan fingerprint density at radius 1 is 1.30 bits per heavy atom. The zero-order valence-corrected chi connectivity index (χ0v) is 17.0. The lowest BCUT2D eigenvalue weighted by Crippen LogP contribution is -2.39. The topological polar surface area (TPSA) is 66.0 Å². The molecule has 1 aliphatic rings. The van der Waals surface area contributed by atoms with E-state index in [1.54, 1.807) is 0 Å². The molecule has 6 nitrogen and oxygen atoms in total. The number of carbonyl (C=O) groups excluding carboxylic acids is 1. The van der Waals surface area contributed by atoms with Crippen molar-refractivity contribution in [3.8, 4) is 5.75 Å². The van der Waals surface area contributed by atoms with Gasteiger partial charge in [-0.1, -0.05) is 32.0 Å². The Labute approximate surface area is 163 Å². The van der Waals surface area contributed by atoms with E-state index in [1.165, 1.54) is 5.56 Å². The molecule has 0 unspecified atom stereocenters. The summed E-state index contributed by atoms with van der Waals surface area (Å²) < 4.78 is 5.94. The molecule has 150 valence electrons. The van der Waals surface area contributed by atoms with Crippen LogP contribution in [-0.4, -0.2) is 56.1 Å². The van der Waals surface area contributed by atoms with Gasteiger partial charge in [0.05, 0.1) is 6.54 Å². The minimum Gasteiger partial charge on any atom is -0.491 e. The van der Waals surface area contributed by atoms with Crippen LogP contribution in [0.4, 0.5) is 0 Å². The minimum absolute atomic E-state index is 0.280. The molecule has 0 aliphatic carbocycles. The molecule has 1 fully saturated rings. The van der Waals surface area contributed by atoms with Gasteiger partial charge < -0.3 is 20.3 Å². The van der Waals surface area contributed by atoms with Crippen molar-refractivity contribution in [2.45, 2.75) is 46.0 Å². The van der Waals surface area contributed by atoms with Crippen LogP contribution in [0.1, 0.15) is 51.5 Å². The molecule has 1 heterocycles. The number of guanidine groups is 1. The molecule has 0 aromatic heterocycles. The molecule has 2 N–H and O–H groups in total. The highest BCUT2D eigenvalue weighted by Gasteiger charge is 2.18. The maximum absolute atomic E-state index is 11.6. The fraction of sp³-hybridized carbons (Fsp3) is 0.619. The Morgan fingerprint density at radius 3 is 2.81 bits per heavy atom. The van der Waals surface area contributed by atoms with Crippen LogP contribution >= 0.6 is 0 Å². The minimum atomic E-state index is 0.280. The van der Waals surface area contributed by atoms with Gasteiger partial charge in [-0.2, -0.15) is 0 Å². The summed E-state index contributed by atoms with van der Waals surface area (Å²) in [6, 6.07) is 8.19. The van der Waals surface area contributed by atoms with Crippen LogP contribution in [0.25, 0.3) is 0 Å². The van der Waals surface area contributed by atoms with Crippen molar-refractivity contribution in [3.63, 3.8) is 0 Å². The lowest BCUT2D eigenvalue weighted by atomic mass is 10.0. The van der Waals surface area contributed by atoms with Gasteiger partial charge in [-0.3, -0.25) is 9.79 Å². The van der Waals surface area contributed by atoms with Crippen LogP contribution in [0.5, 0.6) is 5.75 Å². The van der Waals surface area contributed by atoms with E-state index >= 15 is 0 Å². The van der Waals surface area contributed by atoms with Gasteiger partial charge >= 0.3 is 0 Å². The van der Waals surface area contributed by atoms with E-state index in [9.17, 15) is 4.79 Å². The SMILES string of the molecule is CCNC(=NCCCN1CCCC1=O)NCCOc1ccccc1C(C)C. The Bertz CT molecular complexity index is 616. The van der Waals surface area contributed by atoms with Crippen molar-refractivity contribution in [1.29, 1.82) is 0 Å². The molecule has 1 aliphatic heterocycles. The summed E-state index contributed by atoms with van der Waals surface area (Å²) in [4.78, 5) is 18.1. The number of nitrogens with one attached hydrogen (secondary N) is 2. The summed E-state index contributed by atoms with van der Waals surface area (Å²) in [5, 5.41) is 6.56. The maximum Gasteiger partial charge on any atom is 0.222 e. The number of benzene rings is 1. The molecule has 0 spiro atoms. The van der Waals surface area contributed by atoms with Gasteiger partial charge in [0.15, 0.2) is 5.96 Å². The van der Waals surface area contributed by atoms with Crippen LogP contribution in [0.15, 0.2) is 29.3 Å². The van der Waals surface area contributed by atoms with Crippen LogP contribution in [0, 0.1) is 0 Å². The lowest BCUT2D eigenvalue weighted by molar-refractivity contribution is -0.127. The predicted octanol–water partition coefficient (Wildman–Crippen LogP) is 2.76. The van der Waals surface area contributed by atoms with Gasteiger partial charge in [0.2, 0.25) is 5.91 Å². The van der Waals surface area contributed by atoms with Crippen molar-refractivity contribution >= 4 is 11.9 Å². The number of aliphatic imine (C=N–C) groups is 1. The molecular weight excluding hydrogens is 340 g/mol. The summed E-state index contributed by atoms with van der Waals surface area (Å²) in [6.07, 6.45) is 2.58. The van der Waals surface area contributed by atoms with Crippen LogP contribution in [-0.2, 0) is 4.79 Å². The summed E-state index contributed by atoms with van der Waals surface area (Å²) in [6.45, 7) is 10.9. The average Bonchev–Trinajstić information content (AvgIpc) is 3.07. The monoisotopic (exact) mass is 374 g/mol. The molecule has 0 bridgehead atoms. The van der Waals surface area contributed by atoms with Gasteiger partial charge in [-0.05, 0) is 37.3 Å². The number of likely N-dealkylation sites (tertiary alicyclic amines) is 1. The third-order valence-electron chi connectivity index (χ3n) is 4.56. The standard InChI is InChI=1S/C21H34N4O2/c1-4-22-21(23-12-8-15-25-14-7-11-20(25)26)24-13-16-27-19-10-6-5-9-18(19)17(2)3/h5-6,9-10,17H,4,7-8,11-16H2,1-3H3,(H2,22,23,24). The van der Waals surface area contributed by atoms with E-state index in [0.717, 1.165) is 44.2 Å². The normalized spacial score (nSPS) is 14.7. The molecular formula is C21H34N4O2. The van der Waals surface area contributed by atoms with Gasteiger partial charge in [-0.25, -0.2) is 0 Å². The van der Waals surface area contributed by atoms with Crippen LogP contribution < -0.4 is 15.4 Å². The molecule has 1 aromatic rings. The largest absolute Gasteiger partial charge is 0.491 e. The number of hydrogen-bond acceptors (Lipinski definition) is 3. The van der Waals surface area contributed by atoms with Crippen molar-refractivity contribution in [2.24, 2.45) is 4.99 Å². The second kappa shape index (κ2) is 11.5. The fourth-order valence-corrected chi connectivity index (χ4v) is 3.15. The summed E-state index contributed by atoms with van der Waals surface area (Å²) in [5.74, 6) is 2.47. The third kappa shape index (κ3) is 7.12. The van der Waals surface area contributed by atoms with E-state index in [0.29, 0.717) is 32.0 Å². The molecule has 1 aromatic carbocycles. The second-order valence-corrected chi connectivity index (χ2v) is 7.07. The number of hydrogen-bond donors (Lipinski definition) is 2. The van der Waals surface area contributed by atoms with E-state index < -0.39 is 0 Å². The molecule has 2 rings (SSSR count). The molecule has 0 radical (unpaired) electrons. The van der Waals surface area contributed by atoms with Gasteiger partial charge in [0.1, 0.15) is 12.4 Å². The Hall–Kier alpha value is -2.24. The predicted molar refractivity (Wildman–Crippen MR) is 110 cm³/mol. The fourth-order valence-electron chi connectivity index (χ4n) is 3.15. The van der Waals surface area contributed by atoms with Crippen LogP contribution in [0.3, 0.4) is 0 Å². The van der Waals surface area contributed by atoms with Crippen LogP contribution in [0.2, 0.25) is 0 Å². The Kier molecular flexibility index (Phi) is 8.95. The Balaban J connectivity index is 1.71. The van der Waals surface area contributed by atoms with Gasteiger partial charge in [0.25, 0.3) is 0 Å². The highest BCUT2D eigenvalue weighted by molar-refractivity contribution is 5.79. The Morgan fingerprint density at radius 2 is 2.11 bits per heavy atom. The van der Waals surface area contributed by atoms with Gasteiger partial charge in [0, 0.05) is 32.6 Å². The molecule has 0 atom stereocenters. The highest BCUT2D eigenvalue weighted by Crippen LogP contribution is 2.25. The number of rotatable bonds is 10. The van der Waals surface area contributed by atoms with E-state index in [1.807, 2.05) is 23.1 Å². The smallest absolute Gasteiger partial charge is 0.222 e. The summed E-state index contributed by atoms with van der Waals surface area (Å²) >= 11 is 0.